The van der Waals surface area contributed by atoms with Gasteiger partial charge in [0.25, 0.3) is 0 Å². The highest BCUT2D eigenvalue weighted by Crippen LogP contribution is 2.15. The van der Waals surface area contributed by atoms with Crippen LogP contribution in [-0.4, -0.2) is 73.4 Å². The van der Waals surface area contributed by atoms with Crippen molar-refractivity contribution in [1.82, 2.24) is 9.80 Å². The van der Waals surface area contributed by atoms with Crippen LogP contribution in [0, 0.1) is 0 Å². The van der Waals surface area contributed by atoms with E-state index in [0.29, 0.717) is 12.2 Å². The number of hydrogen-bond acceptors (Lipinski definition) is 6. The van der Waals surface area contributed by atoms with Crippen molar-refractivity contribution in [2.24, 2.45) is 9.98 Å². The first kappa shape index (κ1) is 22.1. The Morgan fingerprint density at radius 1 is 1.03 bits per heavy atom. The van der Waals surface area contributed by atoms with Gasteiger partial charge in [-0.3, -0.25) is 0 Å². The molecule has 0 saturated carbocycles. The Balaban J connectivity index is 0.000000321. The maximum Gasteiger partial charge on any atom is 0.227 e. The van der Waals surface area contributed by atoms with Crippen LogP contribution in [0.1, 0.15) is 12.8 Å². The van der Waals surface area contributed by atoms with E-state index in [1.54, 1.807) is 0 Å². The van der Waals surface area contributed by atoms with E-state index in [4.69, 9.17) is 14.7 Å². The Labute approximate surface area is 169 Å². The molecule has 0 aliphatic carbocycles. The Bertz CT molecular complexity index is 754. The second-order valence-corrected chi connectivity index (χ2v) is 6.37. The van der Waals surface area contributed by atoms with Gasteiger partial charge in [0.1, 0.15) is 5.84 Å². The van der Waals surface area contributed by atoms with Gasteiger partial charge in [0.05, 0.1) is 30.8 Å². The number of nitrogens with zero attached hydrogens (tertiary/aromatic N) is 4. The predicted molar refractivity (Wildman–Crippen MR) is 104 cm³/mol. The van der Waals surface area contributed by atoms with Gasteiger partial charge >= 0.3 is 0 Å². The normalized spacial score (nSPS) is 18.7. The summed E-state index contributed by atoms with van der Waals surface area (Å²) in [6.45, 7) is 4.28. The van der Waals surface area contributed by atoms with Crippen molar-refractivity contribution in [3.8, 4) is 0 Å². The van der Waals surface area contributed by atoms with E-state index in [-0.39, 0.29) is 0 Å². The maximum atomic E-state index is 9.41. The molecule has 1 aromatic carbocycles. The molecule has 0 unspecified atom stereocenters. The summed E-state index contributed by atoms with van der Waals surface area (Å²) in [4.78, 5) is 32.9. The van der Waals surface area contributed by atoms with Crippen molar-refractivity contribution < 1.29 is 24.5 Å². The molecule has 0 amide bonds. The van der Waals surface area contributed by atoms with E-state index >= 15 is 0 Å². The number of morpholine rings is 1. The van der Waals surface area contributed by atoms with Gasteiger partial charge < -0.3 is 34.3 Å². The lowest BCUT2D eigenvalue weighted by Crippen LogP contribution is -2.40. The van der Waals surface area contributed by atoms with Crippen LogP contribution >= 0.6 is 0 Å². The quantitative estimate of drug-likeness (QED) is 0.369. The molecule has 0 atom stereocenters. The minimum absolute atomic E-state index is 0.384. The number of hydrogen-bond donors (Lipinski definition) is 0. The first-order valence-corrected chi connectivity index (χ1v) is 9.31. The first-order valence-electron chi connectivity index (χ1n) is 9.31. The molecular formula is C20H24N4O5-2. The molecule has 2 aliphatic rings. The topological polar surface area (TPSA) is 121 Å². The number of likely N-dealkylation sites (tertiary alicyclic amines) is 1. The number of guanidine groups is 1. The third-order valence-electron chi connectivity index (χ3n) is 4.20. The monoisotopic (exact) mass is 400 g/mol. The van der Waals surface area contributed by atoms with E-state index in [1.165, 1.54) is 6.42 Å². The van der Waals surface area contributed by atoms with Crippen molar-refractivity contribution in [3.63, 3.8) is 0 Å². The molecule has 3 rings (SSSR count). The summed E-state index contributed by atoms with van der Waals surface area (Å²) in [5.41, 5.74) is 0.948. The summed E-state index contributed by atoms with van der Waals surface area (Å²) in [5.74, 6) is -1.15. The smallest absolute Gasteiger partial charge is 0.227 e. The van der Waals surface area contributed by atoms with Crippen LogP contribution in [-0.2, 0) is 14.3 Å². The van der Waals surface area contributed by atoms with E-state index in [2.05, 4.69) is 16.8 Å². The van der Waals surface area contributed by atoms with Crippen molar-refractivity contribution in [1.29, 1.82) is 0 Å². The van der Waals surface area contributed by atoms with Gasteiger partial charge in [-0.1, -0.05) is 18.2 Å². The van der Waals surface area contributed by atoms with Gasteiger partial charge in [-0.05, 0) is 30.7 Å². The SMILES string of the molecule is CN1CCC/C1=N/C(=Nc1ccccc1)N1CCOCC1.O=C([O-])/C=C/C(=O)[O-]. The van der Waals surface area contributed by atoms with Gasteiger partial charge in [-0.2, -0.15) is 4.99 Å². The maximum absolute atomic E-state index is 9.41. The number of aliphatic imine (C=N–C) groups is 2. The molecule has 9 nitrogen and oxygen atoms in total. The number of rotatable bonds is 3. The number of benzene rings is 1. The molecule has 9 heteroatoms. The Morgan fingerprint density at radius 2 is 1.66 bits per heavy atom. The molecule has 2 heterocycles. The van der Waals surface area contributed by atoms with E-state index < -0.39 is 11.9 Å². The Kier molecular flexibility index (Phi) is 8.84. The van der Waals surface area contributed by atoms with Gasteiger partial charge in [0, 0.05) is 33.1 Å². The highest BCUT2D eigenvalue weighted by atomic mass is 16.5. The Hall–Kier alpha value is -3.20. The number of carboxylic acids is 2. The van der Waals surface area contributed by atoms with Crippen molar-refractivity contribution in [2.45, 2.75) is 12.8 Å². The number of ether oxygens (including phenoxy) is 1. The molecule has 2 saturated heterocycles. The summed E-state index contributed by atoms with van der Waals surface area (Å²) in [6.07, 6.45) is 2.98. The van der Waals surface area contributed by atoms with Crippen LogP contribution in [0.3, 0.4) is 0 Å². The van der Waals surface area contributed by atoms with Crippen LogP contribution in [0.15, 0.2) is 52.5 Å². The number of carbonyl (C=O) groups is 2. The zero-order valence-corrected chi connectivity index (χ0v) is 16.3. The zero-order chi connectivity index (χ0) is 21.1. The molecule has 0 radical (unpaired) electrons. The average molecular weight is 400 g/mol. The van der Waals surface area contributed by atoms with Crippen LogP contribution in [0.2, 0.25) is 0 Å². The lowest BCUT2D eigenvalue weighted by atomic mass is 10.3. The van der Waals surface area contributed by atoms with Gasteiger partial charge in [-0.15, -0.1) is 0 Å². The fourth-order valence-corrected chi connectivity index (χ4v) is 2.73. The number of aliphatic carboxylic acids is 2. The molecule has 0 N–H and O–H groups in total. The van der Waals surface area contributed by atoms with Gasteiger partial charge in [-0.25, -0.2) is 4.99 Å². The fraction of sp³-hybridized carbons (Fsp3) is 0.400. The molecule has 0 spiro atoms. The molecule has 0 bridgehead atoms. The summed E-state index contributed by atoms with van der Waals surface area (Å²) < 4.78 is 5.44. The minimum atomic E-state index is -1.55. The standard InChI is InChI=1S/C16H22N4O.C4H4O4/c1-19-9-5-8-15(19)18-16(20-10-12-21-13-11-20)17-14-6-3-2-4-7-14;5-3(6)1-2-4(7)8/h2-4,6-7H,5,8-13H2,1H3;1-2H,(H,5,6)(H,7,8)/p-2/b17-16?,18-15-;2-1+. The highest BCUT2D eigenvalue weighted by molar-refractivity contribution is 5.97. The zero-order valence-electron chi connectivity index (χ0n) is 16.3. The van der Waals surface area contributed by atoms with E-state index in [0.717, 1.165) is 56.8 Å². The number of carboxylic acid groups (broad SMARTS) is 2. The summed E-state index contributed by atoms with van der Waals surface area (Å²) in [5, 5.41) is 18.8. The number of para-hydroxylation sites is 1. The second-order valence-electron chi connectivity index (χ2n) is 6.37. The third kappa shape index (κ3) is 8.14. The molecule has 1 aromatic rings. The molecule has 29 heavy (non-hydrogen) atoms. The lowest BCUT2D eigenvalue weighted by Gasteiger charge is -2.28. The lowest BCUT2D eigenvalue weighted by molar-refractivity contribution is -0.301. The highest BCUT2D eigenvalue weighted by Gasteiger charge is 2.19. The number of carbonyl (C=O) groups excluding carboxylic acids is 2. The number of amidine groups is 1. The van der Waals surface area contributed by atoms with Crippen LogP contribution in [0.25, 0.3) is 0 Å². The Morgan fingerprint density at radius 3 is 2.17 bits per heavy atom. The average Bonchev–Trinajstić information content (AvgIpc) is 3.12. The molecule has 156 valence electrons. The van der Waals surface area contributed by atoms with E-state index in [1.807, 2.05) is 30.3 Å². The third-order valence-corrected chi connectivity index (χ3v) is 4.20. The van der Waals surface area contributed by atoms with Crippen LogP contribution < -0.4 is 10.2 Å². The molecule has 2 fully saturated rings. The molecular weight excluding hydrogens is 376 g/mol. The second kappa shape index (κ2) is 11.6. The summed E-state index contributed by atoms with van der Waals surface area (Å²) >= 11 is 0. The molecule has 0 aromatic heterocycles. The fourth-order valence-electron chi connectivity index (χ4n) is 2.73. The summed E-state index contributed by atoms with van der Waals surface area (Å²) in [6, 6.07) is 10.0. The summed E-state index contributed by atoms with van der Waals surface area (Å²) in [7, 11) is 2.10. The van der Waals surface area contributed by atoms with Crippen molar-refractivity contribution in [3.05, 3.63) is 42.5 Å². The first-order chi connectivity index (χ1) is 14.0. The van der Waals surface area contributed by atoms with Crippen LogP contribution in [0.4, 0.5) is 5.69 Å². The minimum Gasteiger partial charge on any atom is -0.545 e. The predicted octanol–water partition coefficient (Wildman–Crippen LogP) is -0.827. The van der Waals surface area contributed by atoms with E-state index in [9.17, 15) is 19.8 Å². The van der Waals surface area contributed by atoms with Crippen molar-refractivity contribution in [2.75, 3.05) is 39.9 Å². The van der Waals surface area contributed by atoms with Crippen molar-refractivity contribution >= 4 is 29.4 Å². The van der Waals surface area contributed by atoms with Gasteiger partial charge in [0.15, 0.2) is 0 Å². The molecule has 2 aliphatic heterocycles. The largest absolute Gasteiger partial charge is 0.545 e. The van der Waals surface area contributed by atoms with Gasteiger partial charge in [0.2, 0.25) is 5.96 Å². The van der Waals surface area contributed by atoms with Crippen LogP contribution in [0.5, 0.6) is 0 Å².